The molecule has 0 bridgehead atoms. The Labute approximate surface area is 294 Å². The van der Waals surface area contributed by atoms with Gasteiger partial charge in [0, 0.05) is 44.9 Å². The molecule has 4 N–H and O–H groups in total. The Bertz CT molecular complexity index is 1870. The van der Waals surface area contributed by atoms with E-state index >= 15 is 0 Å². The van der Waals surface area contributed by atoms with Crippen molar-refractivity contribution in [2.45, 2.75) is 35.7 Å². The third-order valence-corrected chi connectivity index (χ3v) is 9.43. The van der Waals surface area contributed by atoms with Gasteiger partial charge < -0.3 is 20.8 Å². The quantitative estimate of drug-likeness (QED) is 0.108. The van der Waals surface area contributed by atoms with E-state index in [1.165, 1.54) is 11.8 Å². The SMILES string of the molecule is Cc1cc(Sc2cc(C)cc(C(Nc3ncccn3)c3cccc(Br)c3)c2O)c(O)c(C(Nc2ncccn2)c2cccc(Br)c2)c1. The topological polar surface area (TPSA) is 116 Å². The van der Waals surface area contributed by atoms with Gasteiger partial charge >= 0.3 is 0 Å². The molecule has 2 atom stereocenters. The monoisotopic (exact) mass is 768 g/mol. The van der Waals surface area contributed by atoms with Gasteiger partial charge in [0.15, 0.2) is 0 Å². The molecule has 4 aromatic carbocycles. The van der Waals surface area contributed by atoms with Crippen molar-refractivity contribution in [1.82, 2.24) is 19.9 Å². The molecule has 0 saturated carbocycles. The Hall–Kier alpha value is -4.45. The van der Waals surface area contributed by atoms with Gasteiger partial charge in [0.2, 0.25) is 11.9 Å². The number of benzene rings is 4. The molecule has 2 aromatic heterocycles. The molecule has 6 aromatic rings. The molecule has 0 fully saturated rings. The standard InChI is InChI=1S/C36H30Br2N6O2S/c1-21-15-27(31(23-7-3-9-25(37)19-23)43-35-39-11-5-12-40-35)33(45)29(17-21)47-30-18-22(2)16-28(34(30)46)32(24-8-4-10-26(38)20-24)44-36-41-13-6-14-42-36/h3-20,31-32,45-46H,1-2H3,(H,39,40,43)(H,41,42,44). The fourth-order valence-electron chi connectivity index (χ4n) is 5.32. The molecule has 11 heteroatoms. The molecular weight excluding hydrogens is 740 g/mol. The van der Waals surface area contributed by atoms with E-state index in [2.05, 4.69) is 62.4 Å². The highest BCUT2D eigenvalue weighted by Gasteiger charge is 2.25. The number of rotatable bonds is 10. The van der Waals surface area contributed by atoms with Crippen LogP contribution in [0.1, 0.15) is 45.5 Å². The normalized spacial score (nSPS) is 12.3. The summed E-state index contributed by atoms with van der Waals surface area (Å²) in [4.78, 5) is 18.7. The van der Waals surface area contributed by atoms with Gasteiger partial charge in [-0.3, -0.25) is 0 Å². The lowest BCUT2D eigenvalue weighted by Gasteiger charge is -2.24. The van der Waals surface area contributed by atoms with E-state index in [9.17, 15) is 10.2 Å². The second-order valence-corrected chi connectivity index (χ2v) is 13.8. The largest absolute Gasteiger partial charge is 0.506 e. The summed E-state index contributed by atoms with van der Waals surface area (Å²) in [5.41, 5.74) is 5.02. The summed E-state index contributed by atoms with van der Waals surface area (Å²) < 4.78 is 1.81. The van der Waals surface area contributed by atoms with Crippen LogP contribution in [0.15, 0.2) is 128 Å². The van der Waals surface area contributed by atoms with Crippen molar-refractivity contribution in [3.63, 3.8) is 0 Å². The highest BCUT2D eigenvalue weighted by atomic mass is 79.9. The summed E-state index contributed by atoms with van der Waals surface area (Å²) >= 11 is 8.48. The molecule has 8 nitrogen and oxygen atoms in total. The molecule has 2 heterocycles. The van der Waals surface area contributed by atoms with E-state index in [1.807, 2.05) is 86.6 Å². The molecule has 0 spiro atoms. The van der Waals surface area contributed by atoms with Crippen molar-refractivity contribution in [3.8, 4) is 11.5 Å². The van der Waals surface area contributed by atoms with Gasteiger partial charge in [-0.05, 0) is 96.8 Å². The number of aromatic nitrogens is 4. The average Bonchev–Trinajstić information content (AvgIpc) is 3.06. The van der Waals surface area contributed by atoms with Gasteiger partial charge in [-0.25, -0.2) is 19.9 Å². The number of phenolic OH excluding ortho intramolecular Hbond substituents is 2. The fraction of sp³-hybridized carbons (Fsp3) is 0.111. The molecule has 0 amide bonds. The molecule has 236 valence electrons. The van der Waals surface area contributed by atoms with E-state index < -0.39 is 12.1 Å². The zero-order valence-electron chi connectivity index (χ0n) is 25.4. The van der Waals surface area contributed by atoms with Crippen LogP contribution >= 0.6 is 43.6 Å². The Morgan fingerprint density at radius 3 is 1.36 bits per heavy atom. The zero-order valence-corrected chi connectivity index (χ0v) is 29.4. The first kappa shape index (κ1) is 32.5. The van der Waals surface area contributed by atoms with Gasteiger partial charge in [-0.1, -0.05) is 67.9 Å². The van der Waals surface area contributed by atoms with Crippen molar-refractivity contribution in [2.24, 2.45) is 0 Å². The second kappa shape index (κ2) is 14.5. The van der Waals surface area contributed by atoms with Gasteiger partial charge in [0.25, 0.3) is 0 Å². The lowest BCUT2D eigenvalue weighted by Crippen LogP contribution is -2.15. The van der Waals surface area contributed by atoms with E-state index in [4.69, 9.17) is 0 Å². The van der Waals surface area contributed by atoms with Gasteiger partial charge in [-0.15, -0.1) is 0 Å². The molecule has 0 aliphatic heterocycles. The number of nitrogens with zero attached hydrogens (tertiary/aromatic N) is 4. The molecule has 47 heavy (non-hydrogen) atoms. The lowest BCUT2D eigenvalue weighted by molar-refractivity contribution is 0.450. The number of anilines is 2. The van der Waals surface area contributed by atoms with Crippen LogP contribution in [-0.4, -0.2) is 30.1 Å². The Balaban J connectivity index is 1.42. The maximum absolute atomic E-state index is 11.9. The van der Waals surface area contributed by atoms with Crippen LogP contribution in [-0.2, 0) is 0 Å². The summed E-state index contributed by atoms with van der Waals surface area (Å²) in [5, 5.41) is 30.5. The summed E-state index contributed by atoms with van der Waals surface area (Å²) in [6.07, 6.45) is 6.68. The molecule has 2 unspecified atom stereocenters. The van der Waals surface area contributed by atoms with E-state index in [1.54, 1.807) is 36.9 Å². The molecule has 6 rings (SSSR count). The Kier molecular flexibility index (Phi) is 10.1. The van der Waals surface area contributed by atoms with Crippen molar-refractivity contribution >= 4 is 55.5 Å². The zero-order chi connectivity index (χ0) is 32.9. The number of hydrogen-bond donors (Lipinski definition) is 4. The predicted molar refractivity (Wildman–Crippen MR) is 193 cm³/mol. The smallest absolute Gasteiger partial charge is 0.223 e. The molecule has 0 aliphatic carbocycles. The van der Waals surface area contributed by atoms with Crippen LogP contribution < -0.4 is 10.6 Å². The first-order valence-corrected chi connectivity index (χ1v) is 17.1. The number of aromatic hydroxyl groups is 2. The van der Waals surface area contributed by atoms with Crippen molar-refractivity contribution in [2.75, 3.05) is 10.6 Å². The Morgan fingerprint density at radius 1 is 0.574 bits per heavy atom. The number of phenols is 2. The summed E-state index contributed by atoms with van der Waals surface area (Å²) in [6.45, 7) is 3.97. The third kappa shape index (κ3) is 7.75. The summed E-state index contributed by atoms with van der Waals surface area (Å²) in [6, 6.07) is 26.1. The van der Waals surface area contributed by atoms with Crippen molar-refractivity contribution < 1.29 is 10.2 Å². The van der Waals surface area contributed by atoms with Gasteiger partial charge in [0.05, 0.1) is 21.9 Å². The van der Waals surface area contributed by atoms with Crippen LogP contribution in [0.4, 0.5) is 11.9 Å². The van der Waals surface area contributed by atoms with Crippen LogP contribution in [0, 0.1) is 13.8 Å². The van der Waals surface area contributed by atoms with Crippen LogP contribution in [0.5, 0.6) is 11.5 Å². The number of nitrogens with one attached hydrogen (secondary N) is 2. The molecular formula is C36H30Br2N6O2S. The highest BCUT2D eigenvalue weighted by molar-refractivity contribution is 9.10. The molecule has 0 saturated heterocycles. The van der Waals surface area contributed by atoms with Gasteiger partial charge in [-0.2, -0.15) is 0 Å². The molecule has 0 radical (unpaired) electrons. The summed E-state index contributed by atoms with van der Waals surface area (Å²) in [5.74, 6) is 1.05. The number of aryl methyl sites for hydroxylation is 2. The first-order chi connectivity index (χ1) is 22.7. The average molecular weight is 771 g/mol. The minimum atomic E-state index is -0.466. The minimum absolute atomic E-state index is 0.0933. The second-order valence-electron chi connectivity index (χ2n) is 10.9. The highest BCUT2D eigenvalue weighted by Crippen LogP contribution is 2.47. The van der Waals surface area contributed by atoms with Crippen molar-refractivity contribution in [3.05, 3.63) is 152 Å². The Morgan fingerprint density at radius 2 is 0.979 bits per heavy atom. The number of halogens is 2. The van der Waals surface area contributed by atoms with E-state index in [0.717, 1.165) is 31.2 Å². The van der Waals surface area contributed by atoms with Crippen molar-refractivity contribution in [1.29, 1.82) is 0 Å². The van der Waals surface area contributed by atoms with E-state index in [0.29, 0.717) is 32.8 Å². The van der Waals surface area contributed by atoms with E-state index in [-0.39, 0.29) is 11.5 Å². The minimum Gasteiger partial charge on any atom is -0.506 e. The maximum Gasteiger partial charge on any atom is 0.223 e. The predicted octanol–water partition coefficient (Wildman–Crippen LogP) is 9.37. The number of hydrogen-bond acceptors (Lipinski definition) is 9. The third-order valence-electron chi connectivity index (χ3n) is 7.38. The molecule has 0 aliphatic rings. The maximum atomic E-state index is 11.9. The lowest BCUT2D eigenvalue weighted by atomic mass is 9.96. The van der Waals surface area contributed by atoms with Crippen LogP contribution in [0.2, 0.25) is 0 Å². The van der Waals surface area contributed by atoms with Gasteiger partial charge in [0.1, 0.15) is 11.5 Å². The fourth-order valence-corrected chi connectivity index (χ4v) is 7.31. The summed E-state index contributed by atoms with van der Waals surface area (Å²) in [7, 11) is 0. The van der Waals surface area contributed by atoms with Crippen LogP contribution in [0.25, 0.3) is 0 Å². The van der Waals surface area contributed by atoms with Crippen LogP contribution in [0.3, 0.4) is 0 Å². The first-order valence-electron chi connectivity index (χ1n) is 14.7.